The second-order valence-corrected chi connectivity index (χ2v) is 8.16. The first-order valence-electron chi connectivity index (χ1n) is 10.8. The number of benzene rings is 1. The summed E-state index contributed by atoms with van der Waals surface area (Å²) in [5, 5.41) is 6.13. The van der Waals surface area contributed by atoms with Crippen molar-refractivity contribution in [1.82, 2.24) is 14.7 Å². The lowest BCUT2D eigenvalue weighted by atomic mass is 10.1. The number of anilines is 2. The Kier molecular flexibility index (Phi) is 5.93. The standard InChI is InChI=1S/C24H29N5O2/c1-16-13-19(17(2)26-20-10-6-5-9-18(20)24(31)25-3)23-27-21(14-22(30)29(23)15-16)28-11-7-4-8-12-28/h5-6,9-10,13-15,17,26H,4,7-8,11-12H2,1-3H3,(H,25,31). The average Bonchev–Trinajstić information content (AvgIpc) is 2.79. The molecule has 1 aromatic carbocycles. The molecule has 1 fully saturated rings. The molecule has 0 radical (unpaired) electrons. The Bertz CT molecular complexity index is 1160. The van der Waals surface area contributed by atoms with E-state index < -0.39 is 0 Å². The van der Waals surface area contributed by atoms with Crippen LogP contribution in [-0.2, 0) is 0 Å². The van der Waals surface area contributed by atoms with Gasteiger partial charge in [-0.05, 0) is 56.9 Å². The Labute approximate surface area is 182 Å². The number of carbonyl (C=O) groups is 1. The van der Waals surface area contributed by atoms with Crippen LogP contribution in [0, 0.1) is 6.92 Å². The minimum atomic E-state index is -0.163. The minimum Gasteiger partial charge on any atom is -0.378 e. The lowest BCUT2D eigenvalue weighted by molar-refractivity contribution is 0.0964. The number of rotatable bonds is 5. The number of pyridine rings is 1. The number of amides is 1. The van der Waals surface area contributed by atoms with Crippen molar-refractivity contribution in [3.63, 3.8) is 0 Å². The van der Waals surface area contributed by atoms with Crippen LogP contribution in [0.5, 0.6) is 0 Å². The molecule has 162 valence electrons. The molecule has 1 aliphatic rings. The van der Waals surface area contributed by atoms with Crippen molar-refractivity contribution in [2.75, 3.05) is 30.4 Å². The van der Waals surface area contributed by atoms with Gasteiger partial charge in [0.1, 0.15) is 11.5 Å². The van der Waals surface area contributed by atoms with Gasteiger partial charge in [-0.1, -0.05) is 12.1 Å². The van der Waals surface area contributed by atoms with Crippen LogP contribution in [-0.4, -0.2) is 35.4 Å². The van der Waals surface area contributed by atoms with Gasteiger partial charge in [0.05, 0.1) is 11.6 Å². The predicted molar refractivity (Wildman–Crippen MR) is 124 cm³/mol. The highest BCUT2D eigenvalue weighted by Crippen LogP contribution is 2.26. The van der Waals surface area contributed by atoms with E-state index in [9.17, 15) is 9.59 Å². The number of carbonyl (C=O) groups excluding carboxylic acids is 1. The molecule has 2 N–H and O–H groups in total. The van der Waals surface area contributed by atoms with Crippen LogP contribution in [0.25, 0.3) is 5.65 Å². The van der Waals surface area contributed by atoms with Gasteiger partial charge in [-0.15, -0.1) is 0 Å². The molecule has 7 nitrogen and oxygen atoms in total. The van der Waals surface area contributed by atoms with E-state index in [4.69, 9.17) is 4.98 Å². The van der Waals surface area contributed by atoms with Crippen molar-refractivity contribution in [3.05, 3.63) is 69.6 Å². The molecule has 31 heavy (non-hydrogen) atoms. The molecule has 0 spiro atoms. The first-order chi connectivity index (χ1) is 15.0. The third kappa shape index (κ3) is 4.26. The number of hydrogen-bond donors (Lipinski definition) is 2. The molecule has 7 heteroatoms. The molecule has 3 heterocycles. The third-order valence-electron chi connectivity index (χ3n) is 5.83. The zero-order valence-electron chi connectivity index (χ0n) is 18.3. The zero-order chi connectivity index (χ0) is 22.0. The second kappa shape index (κ2) is 8.79. The van der Waals surface area contributed by atoms with Crippen LogP contribution in [0.15, 0.2) is 47.4 Å². The molecule has 1 saturated heterocycles. The highest BCUT2D eigenvalue weighted by molar-refractivity contribution is 5.99. The van der Waals surface area contributed by atoms with E-state index >= 15 is 0 Å². The lowest BCUT2D eigenvalue weighted by Crippen LogP contribution is -2.32. The summed E-state index contributed by atoms with van der Waals surface area (Å²) in [4.78, 5) is 32.3. The molecule has 2 aromatic heterocycles. The minimum absolute atomic E-state index is 0.0755. The van der Waals surface area contributed by atoms with Crippen molar-refractivity contribution >= 4 is 23.1 Å². The van der Waals surface area contributed by atoms with Gasteiger partial charge in [0.15, 0.2) is 0 Å². The summed E-state index contributed by atoms with van der Waals surface area (Å²) in [5.41, 5.74) is 3.79. The fourth-order valence-electron chi connectivity index (χ4n) is 4.21. The Balaban J connectivity index is 1.77. The van der Waals surface area contributed by atoms with Gasteiger partial charge < -0.3 is 15.5 Å². The van der Waals surface area contributed by atoms with Crippen molar-refractivity contribution in [1.29, 1.82) is 0 Å². The number of nitrogens with one attached hydrogen (secondary N) is 2. The first-order valence-corrected chi connectivity index (χ1v) is 10.8. The molecule has 1 atom stereocenters. The Morgan fingerprint density at radius 2 is 1.87 bits per heavy atom. The van der Waals surface area contributed by atoms with Crippen molar-refractivity contribution in [2.24, 2.45) is 0 Å². The number of nitrogens with zero attached hydrogens (tertiary/aromatic N) is 3. The van der Waals surface area contributed by atoms with Crippen LogP contribution < -0.4 is 21.1 Å². The van der Waals surface area contributed by atoms with Crippen molar-refractivity contribution in [2.45, 2.75) is 39.2 Å². The van der Waals surface area contributed by atoms with Gasteiger partial charge in [-0.2, -0.15) is 0 Å². The summed E-state index contributed by atoms with van der Waals surface area (Å²) in [6.45, 7) is 5.85. The van der Waals surface area contributed by atoms with Crippen molar-refractivity contribution in [3.8, 4) is 0 Å². The quantitative estimate of drug-likeness (QED) is 0.662. The molecular weight excluding hydrogens is 390 g/mol. The van der Waals surface area contributed by atoms with Gasteiger partial charge in [0, 0.05) is 43.7 Å². The molecule has 1 aliphatic heterocycles. The Morgan fingerprint density at radius 1 is 1.13 bits per heavy atom. The van der Waals surface area contributed by atoms with Gasteiger partial charge in [0.25, 0.3) is 11.5 Å². The van der Waals surface area contributed by atoms with Crippen LogP contribution in [0.1, 0.15) is 53.7 Å². The van der Waals surface area contributed by atoms with Gasteiger partial charge >= 0.3 is 0 Å². The summed E-state index contributed by atoms with van der Waals surface area (Å²) in [7, 11) is 1.62. The number of hydrogen-bond acceptors (Lipinski definition) is 5. The van der Waals surface area contributed by atoms with Crippen LogP contribution in [0.2, 0.25) is 0 Å². The van der Waals surface area contributed by atoms with Crippen LogP contribution >= 0.6 is 0 Å². The Hall–Kier alpha value is -3.35. The SMILES string of the molecule is CNC(=O)c1ccccc1NC(C)c1cc(C)cn2c(=O)cc(N3CCCCC3)nc12. The van der Waals surface area contributed by atoms with Crippen LogP contribution in [0.3, 0.4) is 0 Å². The van der Waals surface area contributed by atoms with E-state index in [1.165, 1.54) is 6.42 Å². The number of para-hydroxylation sites is 1. The van der Waals surface area contributed by atoms with Crippen molar-refractivity contribution < 1.29 is 4.79 Å². The largest absolute Gasteiger partial charge is 0.378 e. The summed E-state index contributed by atoms with van der Waals surface area (Å²) < 4.78 is 1.63. The molecule has 0 aliphatic carbocycles. The smallest absolute Gasteiger partial charge is 0.259 e. The van der Waals surface area contributed by atoms with E-state index in [0.717, 1.165) is 48.6 Å². The Morgan fingerprint density at radius 3 is 2.61 bits per heavy atom. The van der Waals surface area contributed by atoms with E-state index in [1.54, 1.807) is 23.6 Å². The van der Waals surface area contributed by atoms with E-state index in [1.807, 2.05) is 38.2 Å². The topological polar surface area (TPSA) is 78.7 Å². The molecule has 1 unspecified atom stereocenters. The number of aryl methyl sites for hydroxylation is 1. The highest BCUT2D eigenvalue weighted by Gasteiger charge is 2.19. The molecule has 0 bridgehead atoms. The zero-order valence-corrected chi connectivity index (χ0v) is 18.3. The van der Waals surface area contributed by atoms with E-state index in [-0.39, 0.29) is 17.5 Å². The number of fused-ring (bicyclic) bond motifs is 1. The summed E-state index contributed by atoms with van der Waals surface area (Å²) >= 11 is 0. The van der Waals surface area contributed by atoms with E-state index in [0.29, 0.717) is 11.2 Å². The summed E-state index contributed by atoms with van der Waals surface area (Å²) in [6, 6.07) is 10.9. The number of aromatic nitrogens is 2. The monoisotopic (exact) mass is 419 g/mol. The second-order valence-electron chi connectivity index (χ2n) is 8.16. The maximum absolute atomic E-state index is 12.9. The maximum atomic E-state index is 12.9. The molecule has 1 amide bonds. The fourth-order valence-corrected chi connectivity index (χ4v) is 4.21. The van der Waals surface area contributed by atoms with Crippen LogP contribution in [0.4, 0.5) is 11.5 Å². The predicted octanol–water partition coefficient (Wildman–Crippen LogP) is 3.53. The third-order valence-corrected chi connectivity index (χ3v) is 5.83. The fraction of sp³-hybridized carbons (Fsp3) is 0.375. The normalized spacial score (nSPS) is 15.0. The highest BCUT2D eigenvalue weighted by atomic mass is 16.1. The molecular formula is C24H29N5O2. The summed E-state index contributed by atoms with van der Waals surface area (Å²) in [6.07, 6.45) is 5.30. The molecule has 3 aromatic rings. The first kappa shape index (κ1) is 20.9. The average molecular weight is 420 g/mol. The van der Waals surface area contributed by atoms with Gasteiger partial charge in [0.2, 0.25) is 0 Å². The number of piperidine rings is 1. The summed E-state index contributed by atoms with van der Waals surface area (Å²) in [5.74, 6) is 0.596. The molecule has 0 saturated carbocycles. The lowest BCUT2D eigenvalue weighted by Gasteiger charge is -2.28. The maximum Gasteiger partial charge on any atom is 0.259 e. The molecule has 4 rings (SSSR count). The van der Waals surface area contributed by atoms with Gasteiger partial charge in [-0.3, -0.25) is 14.0 Å². The van der Waals surface area contributed by atoms with E-state index in [2.05, 4.69) is 21.6 Å². The van der Waals surface area contributed by atoms with Gasteiger partial charge in [-0.25, -0.2) is 4.98 Å².